The summed E-state index contributed by atoms with van der Waals surface area (Å²) < 4.78 is 26.2. The molecule has 0 rings (SSSR count). The molecule has 0 aromatic heterocycles. The van der Waals surface area contributed by atoms with Crippen molar-refractivity contribution in [3.8, 4) is 0 Å². The van der Waals surface area contributed by atoms with Crippen LogP contribution in [-0.4, -0.2) is 64.9 Å². The Bertz CT molecular complexity index is 844. The van der Waals surface area contributed by atoms with E-state index in [-0.39, 0.29) is 12.8 Å². The number of unbranched alkanes of at least 4 members (excludes halogenated alkanes) is 22. The number of hydrogen-bond donors (Lipinski definition) is 4. The number of nitrogens with one attached hydrogen (secondary N) is 1. The number of carboxylic acids is 1. The van der Waals surface area contributed by atoms with Crippen molar-refractivity contribution < 1.29 is 47.8 Å². The van der Waals surface area contributed by atoms with Gasteiger partial charge in [-0.3, -0.25) is 18.6 Å². The lowest BCUT2D eigenvalue weighted by molar-refractivity contribution is -0.147. The fourth-order valence-electron chi connectivity index (χ4n) is 5.41. The number of phosphoric ester groups is 1. The Hall–Kier alpha value is -1.52. The molecule has 0 aliphatic rings. The number of esters is 1. The molecule has 0 radical (unpaired) electrons. The smallest absolute Gasteiger partial charge is 0.472 e. The van der Waals surface area contributed by atoms with E-state index in [1.165, 1.54) is 122 Å². The van der Waals surface area contributed by atoms with Gasteiger partial charge >= 0.3 is 19.8 Å². The maximum atomic E-state index is 12.2. The number of phosphoric acid groups is 1. The third-order valence-corrected chi connectivity index (χ3v) is 9.32. The Morgan fingerprint density at radius 1 is 0.583 bits per heavy atom. The van der Waals surface area contributed by atoms with E-state index in [9.17, 15) is 34.1 Å². The summed E-state index contributed by atoms with van der Waals surface area (Å²) in [6.45, 7) is 2.17. The minimum absolute atomic E-state index is 0.152. The van der Waals surface area contributed by atoms with Gasteiger partial charge in [0.2, 0.25) is 5.91 Å². The number of ether oxygens (including phenoxy) is 1. The SMILES string of the molecule is CCCCCCCCCCCCCCCCCCCCCCCCCC(=O)NC(COP(=O)(O)OCC(O)COC(=O)CCC)C(=O)O. The van der Waals surface area contributed by atoms with E-state index in [0.29, 0.717) is 12.8 Å². The van der Waals surface area contributed by atoms with E-state index in [4.69, 9.17) is 9.26 Å². The highest BCUT2D eigenvalue weighted by molar-refractivity contribution is 7.47. The van der Waals surface area contributed by atoms with Crippen molar-refractivity contribution in [2.45, 2.75) is 193 Å². The van der Waals surface area contributed by atoms with Gasteiger partial charge < -0.3 is 25.2 Å². The van der Waals surface area contributed by atoms with Crippen LogP contribution < -0.4 is 5.32 Å². The molecule has 0 bridgehead atoms. The molecule has 1 amide bonds. The standard InChI is InChI=1S/C36H70NO10P/c1-3-5-6-7-8-9-10-11-12-13-14-15-16-17-18-19-20-21-22-23-24-25-26-28-34(39)37-33(36(41)42)31-47-48(43,44)46-30-32(38)29-45-35(40)27-4-2/h32-33,38H,3-31H2,1-2H3,(H,37,39)(H,41,42)(H,43,44). The van der Waals surface area contributed by atoms with Crippen LogP contribution in [0.1, 0.15) is 181 Å². The van der Waals surface area contributed by atoms with E-state index in [0.717, 1.165) is 19.3 Å². The van der Waals surface area contributed by atoms with Gasteiger partial charge in [-0.2, -0.15) is 0 Å². The Morgan fingerprint density at radius 3 is 1.38 bits per heavy atom. The van der Waals surface area contributed by atoms with E-state index >= 15 is 0 Å². The van der Waals surface area contributed by atoms with Crippen molar-refractivity contribution in [2.24, 2.45) is 0 Å². The van der Waals surface area contributed by atoms with Crippen LogP contribution in [0.5, 0.6) is 0 Å². The zero-order valence-electron chi connectivity index (χ0n) is 30.3. The van der Waals surface area contributed by atoms with Gasteiger partial charge in [0.25, 0.3) is 0 Å². The topological polar surface area (TPSA) is 169 Å². The average Bonchev–Trinajstić information content (AvgIpc) is 3.05. The molecule has 0 saturated heterocycles. The van der Waals surface area contributed by atoms with Crippen LogP contribution in [-0.2, 0) is 32.7 Å². The monoisotopic (exact) mass is 707 g/mol. The maximum Gasteiger partial charge on any atom is 0.472 e. The first-order valence-electron chi connectivity index (χ1n) is 19.1. The molecule has 48 heavy (non-hydrogen) atoms. The molecule has 0 spiro atoms. The van der Waals surface area contributed by atoms with Gasteiger partial charge in [0.1, 0.15) is 12.7 Å². The average molecular weight is 708 g/mol. The number of aliphatic hydroxyl groups excluding tert-OH is 1. The Labute approximate surface area is 291 Å². The van der Waals surface area contributed by atoms with Gasteiger partial charge in [0.15, 0.2) is 6.04 Å². The number of amides is 1. The van der Waals surface area contributed by atoms with Gasteiger partial charge in [0.05, 0.1) is 13.2 Å². The Balaban J connectivity index is 3.70. The van der Waals surface area contributed by atoms with E-state index < -0.39 is 57.6 Å². The van der Waals surface area contributed by atoms with Gasteiger partial charge in [-0.05, 0) is 12.8 Å². The minimum Gasteiger partial charge on any atom is -0.480 e. The normalized spacial score (nSPS) is 13.9. The van der Waals surface area contributed by atoms with Crippen molar-refractivity contribution in [2.75, 3.05) is 19.8 Å². The zero-order valence-corrected chi connectivity index (χ0v) is 31.2. The summed E-state index contributed by atoms with van der Waals surface area (Å²) in [6, 6.07) is -1.54. The second kappa shape index (κ2) is 32.7. The van der Waals surface area contributed by atoms with Gasteiger partial charge in [-0.25, -0.2) is 9.36 Å². The highest BCUT2D eigenvalue weighted by Crippen LogP contribution is 2.43. The quantitative estimate of drug-likeness (QED) is 0.0281. The lowest BCUT2D eigenvalue weighted by atomic mass is 10.0. The Kier molecular flexibility index (Phi) is 31.6. The summed E-state index contributed by atoms with van der Waals surface area (Å²) in [5, 5.41) is 21.4. The van der Waals surface area contributed by atoms with Gasteiger partial charge in [0, 0.05) is 12.8 Å². The highest BCUT2D eigenvalue weighted by atomic mass is 31.2. The molecule has 0 aromatic carbocycles. The van der Waals surface area contributed by atoms with Crippen LogP contribution in [0.2, 0.25) is 0 Å². The molecule has 4 N–H and O–H groups in total. The zero-order chi connectivity index (χ0) is 35.7. The van der Waals surface area contributed by atoms with Crippen molar-refractivity contribution >= 4 is 25.7 Å². The summed E-state index contributed by atoms with van der Waals surface area (Å²) >= 11 is 0. The van der Waals surface area contributed by atoms with Crippen LogP contribution in [0, 0.1) is 0 Å². The fraction of sp³-hybridized carbons (Fsp3) is 0.917. The molecule has 0 aliphatic heterocycles. The van der Waals surface area contributed by atoms with E-state index in [1.807, 2.05) is 0 Å². The van der Waals surface area contributed by atoms with Crippen molar-refractivity contribution in [3.05, 3.63) is 0 Å². The van der Waals surface area contributed by atoms with Crippen LogP contribution in [0.4, 0.5) is 0 Å². The third-order valence-electron chi connectivity index (χ3n) is 8.37. The molecule has 0 aromatic rings. The first kappa shape index (κ1) is 46.5. The molecule has 3 atom stereocenters. The number of hydrogen-bond acceptors (Lipinski definition) is 8. The lowest BCUT2D eigenvalue weighted by Crippen LogP contribution is -2.43. The number of carbonyl (C=O) groups is 3. The summed E-state index contributed by atoms with van der Waals surface area (Å²) in [6.07, 6.45) is 29.1. The number of aliphatic hydroxyl groups is 1. The minimum atomic E-state index is -4.72. The largest absolute Gasteiger partial charge is 0.480 e. The van der Waals surface area contributed by atoms with Crippen LogP contribution in [0.3, 0.4) is 0 Å². The predicted octanol–water partition coefficient (Wildman–Crippen LogP) is 8.78. The Morgan fingerprint density at radius 2 is 0.979 bits per heavy atom. The van der Waals surface area contributed by atoms with E-state index in [2.05, 4.69) is 16.8 Å². The predicted molar refractivity (Wildman–Crippen MR) is 190 cm³/mol. The summed E-state index contributed by atoms with van der Waals surface area (Å²) in [5.41, 5.74) is 0. The molecule has 11 nitrogen and oxygen atoms in total. The molecule has 12 heteroatoms. The molecular weight excluding hydrogens is 637 g/mol. The van der Waals surface area contributed by atoms with E-state index in [1.54, 1.807) is 6.92 Å². The molecule has 284 valence electrons. The first-order chi connectivity index (χ1) is 23.1. The number of carbonyl (C=O) groups excluding carboxylic acids is 2. The maximum absolute atomic E-state index is 12.2. The molecule has 0 saturated carbocycles. The molecule has 0 heterocycles. The van der Waals surface area contributed by atoms with Crippen LogP contribution >= 0.6 is 7.82 Å². The molecule has 3 unspecified atom stereocenters. The summed E-state index contributed by atoms with van der Waals surface area (Å²) in [4.78, 5) is 44.8. The van der Waals surface area contributed by atoms with Crippen molar-refractivity contribution in [1.82, 2.24) is 5.32 Å². The van der Waals surface area contributed by atoms with Crippen LogP contribution in [0.25, 0.3) is 0 Å². The summed E-state index contributed by atoms with van der Waals surface area (Å²) in [5.74, 6) is -2.42. The molecular formula is C36H70NO10P. The highest BCUT2D eigenvalue weighted by Gasteiger charge is 2.28. The second-order valence-electron chi connectivity index (χ2n) is 13.1. The summed E-state index contributed by atoms with van der Waals surface area (Å²) in [7, 11) is -4.72. The van der Waals surface area contributed by atoms with Crippen molar-refractivity contribution in [3.63, 3.8) is 0 Å². The number of rotatable bonds is 36. The van der Waals surface area contributed by atoms with Crippen LogP contribution in [0.15, 0.2) is 0 Å². The fourth-order valence-corrected chi connectivity index (χ4v) is 6.18. The lowest BCUT2D eigenvalue weighted by Gasteiger charge is -2.18. The number of aliphatic carboxylic acids is 1. The second-order valence-corrected chi connectivity index (χ2v) is 14.6. The molecule has 0 aliphatic carbocycles. The number of carboxylic acid groups (broad SMARTS) is 1. The van der Waals surface area contributed by atoms with Gasteiger partial charge in [-0.1, -0.05) is 155 Å². The molecule has 0 fully saturated rings. The van der Waals surface area contributed by atoms with Gasteiger partial charge in [-0.15, -0.1) is 0 Å². The third kappa shape index (κ3) is 31.7. The van der Waals surface area contributed by atoms with Crippen molar-refractivity contribution in [1.29, 1.82) is 0 Å². The first-order valence-corrected chi connectivity index (χ1v) is 20.6.